The fourth-order valence-corrected chi connectivity index (χ4v) is 6.62. The van der Waals surface area contributed by atoms with Crippen molar-refractivity contribution in [1.82, 2.24) is 8.87 Å². The first-order valence-electron chi connectivity index (χ1n) is 12.8. The Morgan fingerprint density at radius 3 is 2.27 bits per heavy atom. The van der Waals surface area contributed by atoms with E-state index in [1.165, 1.54) is 35.7 Å². The third-order valence-corrected chi connectivity index (χ3v) is 9.16. The molecule has 4 aromatic rings. The molecule has 12 heteroatoms. The Hall–Kier alpha value is -4.13. The Balaban J connectivity index is 1.66. The maximum absolute atomic E-state index is 13.3. The van der Waals surface area contributed by atoms with Gasteiger partial charge in [-0.15, -0.1) is 0 Å². The Morgan fingerprint density at radius 2 is 1.63 bits per heavy atom. The number of sulfonamides is 1. The van der Waals surface area contributed by atoms with Crippen LogP contribution in [0.4, 0.5) is 0 Å². The number of fused-ring (bicyclic) bond motifs is 1. The molecule has 0 aliphatic heterocycles. The minimum Gasteiger partial charge on any atom is -0.465 e. The summed E-state index contributed by atoms with van der Waals surface area (Å²) in [5, 5.41) is 0. The van der Waals surface area contributed by atoms with Gasteiger partial charge in [-0.3, -0.25) is 9.59 Å². The van der Waals surface area contributed by atoms with Gasteiger partial charge in [0.05, 0.1) is 34.4 Å². The largest absolute Gasteiger partial charge is 0.465 e. The van der Waals surface area contributed by atoms with Crippen LogP contribution in [0.3, 0.4) is 0 Å². The standard InChI is InChI=1S/C29H29N3O7S2/c1-4-31(18-20-9-7-6-8-10-20)41(36,37)23-14-11-21(12-15-23)27(34)30-29-32(19-26(33)39-5-2)24-16-13-22(28(35)38-3)17-25(24)40-29/h6-17H,4-5,18-19H2,1-3H3. The number of hydrogen-bond acceptors (Lipinski definition) is 8. The molecule has 41 heavy (non-hydrogen) atoms. The first kappa shape index (κ1) is 29.8. The van der Waals surface area contributed by atoms with Crippen molar-refractivity contribution < 1.29 is 32.3 Å². The molecule has 0 saturated heterocycles. The number of rotatable bonds is 10. The molecule has 1 aromatic heterocycles. The molecule has 0 bridgehead atoms. The van der Waals surface area contributed by atoms with Gasteiger partial charge < -0.3 is 14.0 Å². The van der Waals surface area contributed by atoms with Gasteiger partial charge in [-0.05, 0) is 55.0 Å². The predicted octanol–water partition coefficient (Wildman–Crippen LogP) is 4.00. The summed E-state index contributed by atoms with van der Waals surface area (Å²) < 4.78 is 39.9. The minimum absolute atomic E-state index is 0.0569. The lowest BCUT2D eigenvalue weighted by atomic mass is 10.2. The van der Waals surface area contributed by atoms with Crippen molar-refractivity contribution in [3.05, 3.63) is 94.3 Å². The summed E-state index contributed by atoms with van der Waals surface area (Å²) in [6, 6.07) is 19.7. The number of thiazole rings is 1. The zero-order valence-corrected chi connectivity index (χ0v) is 24.4. The molecule has 10 nitrogen and oxygen atoms in total. The van der Waals surface area contributed by atoms with Crippen LogP contribution in [0.1, 0.15) is 40.1 Å². The van der Waals surface area contributed by atoms with E-state index in [0.29, 0.717) is 15.8 Å². The van der Waals surface area contributed by atoms with E-state index in [1.54, 1.807) is 36.6 Å². The summed E-state index contributed by atoms with van der Waals surface area (Å²) in [5.74, 6) is -1.65. The van der Waals surface area contributed by atoms with E-state index < -0.39 is 27.9 Å². The van der Waals surface area contributed by atoms with E-state index in [4.69, 9.17) is 9.47 Å². The van der Waals surface area contributed by atoms with Crippen LogP contribution >= 0.6 is 11.3 Å². The first-order chi connectivity index (χ1) is 19.7. The molecule has 0 radical (unpaired) electrons. The van der Waals surface area contributed by atoms with Gasteiger partial charge in [0, 0.05) is 18.7 Å². The van der Waals surface area contributed by atoms with Gasteiger partial charge in [0.1, 0.15) is 6.54 Å². The summed E-state index contributed by atoms with van der Waals surface area (Å²) in [5.41, 5.74) is 1.93. The predicted molar refractivity (Wildman–Crippen MR) is 154 cm³/mol. The average Bonchev–Trinajstić information content (AvgIpc) is 3.31. The Kier molecular flexibility index (Phi) is 9.48. The Bertz CT molecular complexity index is 1740. The molecular formula is C29H29N3O7S2. The number of benzene rings is 3. The lowest BCUT2D eigenvalue weighted by molar-refractivity contribution is -0.143. The van der Waals surface area contributed by atoms with Gasteiger partial charge >= 0.3 is 11.9 Å². The fraction of sp³-hybridized carbons (Fsp3) is 0.241. The number of ether oxygens (including phenoxy) is 2. The molecule has 1 heterocycles. The van der Waals surface area contributed by atoms with Crippen LogP contribution in [-0.4, -0.2) is 55.4 Å². The van der Waals surface area contributed by atoms with Crippen molar-refractivity contribution in [2.45, 2.75) is 31.8 Å². The molecule has 0 spiro atoms. The molecule has 214 valence electrons. The third-order valence-electron chi connectivity index (χ3n) is 6.19. The van der Waals surface area contributed by atoms with Crippen molar-refractivity contribution >= 4 is 49.4 Å². The Labute approximate surface area is 241 Å². The number of esters is 2. The van der Waals surface area contributed by atoms with Crippen molar-refractivity contribution in [2.75, 3.05) is 20.3 Å². The van der Waals surface area contributed by atoms with E-state index in [-0.39, 0.29) is 41.5 Å². The van der Waals surface area contributed by atoms with Crippen LogP contribution < -0.4 is 4.80 Å². The van der Waals surface area contributed by atoms with E-state index in [2.05, 4.69) is 4.99 Å². The molecular weight excluding hydrogens is 566 g/mol. The van der Waals surface area contributed by atoms with Gasteiger partial charge in [0.25, 0.3) is 5.91 Å². The highest BCUT2D eigenvalue weighted by atomic mass is 32.2. The number of aromatic nitrogens is 1. The van der Waals surface area contributed by atoms with Crippen LogP contribution in [0.5, 0.6) is 0 Å². The van der Waals surface area contributed by atoms with E-state index >= 15 is 0 Å². The molecule has 0 N–H and O–H groups in total. The molecule has 1 amide bonds. The molecule has 0 fully saturated rings. The van der Waals surface area contributed by atoms with Crippen molar-refractivity contribution in [1.29, 1.82) is 0 Å². The summed E-state index contributed by atoms with van der Waals surface area (Å²) in [7, 11) is -2.53. The molecule has 0 saturated carbocycles. The second-order valence-corrected chi connectivity index (χ2v) is 11.8. The van der Waals surface area contributed by atoms with Crippen LogP contribution in [0.15, 0.2) is 82.7 Å². The SMILES string of the molecule is CCOC(=O)Cn1c(=NC(=O)c2ccc(S(=O)(=O)N(CC)Cc3ccccc3)cc2)sc2cc(C(=O)OC)ccc21. The molecule has 0 unspecified atom stereocenters. The topological polar surface area (TPSA) is 124 Å². The first-order valence-corrected chi connectivity index (χ1v) is 15.0. The normalized spacial score (nSPS) is 12.0. The molecule has 0 atom stereocenters. The average molecular weight is 596 g/mol. The van der Waals surface area contributed by atoms with Crippen molar-refractivity contribution in [3.63, 3.8) is 0 Å². The van der Waals surface area contributed by atoms with Crippen LogP contribution in [0, 0.1) is 0 Å². The Morgan fingerprint density at radius 1 is 0.951 bits per heavy atom. The molecule has 0 aliphatic carbocycles. The zero-order chi connectivity index (χ0) is 29.6. The second kappa shape index (κ2) is 13.0. The highest BCUT2D eigenvalue weighted by Crippen LogP contribution is 2.22. The van der Waals surface area contributed by atoms with Gasteiger partial charge in [-0.25, -0.2) is 13.2 Å². The number of methoxy groups -OCH3 is 1. The number of hydrogen-bond donors (Lipinski definition) is 0. The fourth-order valence-electron chi connectivity index (χ4n) is 4.12. The summed E-state index contributed by atoms with van der Waals surface area (Å²) in [6.45, 7) is 3.95. The monoisotopic (exact) mass is 595 g/mol. The maximum atomic E-state index is 13.3. The van der Waals surface area contributed by atoms with Crippen molar-refractivity contribution in [2.24, 2.45) is 4.99 Å². The number of nitrogens with zero attached hydrogens (tertiary/aromatic N) is 3. The van der Waals surface area contributed by atoms with Gasteiger partial charge in [-0.1, -0.05) is 48.6 Å². The highest BCUT2D eigenvalue weighted by molar-refractivity contribution is 7.89. The van der Waals surface area contributed by atoms with E-state index in [1.807, 2.05) is 30.3 Å². The van der Waals surface area contributed by atoms with Gasteiger partial charge in [0.15, 0.2) is 4.80 Å². The lowest BCUT2D eigenvalue weighted by Crippen LogP contribution is -2.30. The smallest absolute Gasteiger partial charge is 0.337 e. The summed E-state index contributed by atoms with van der Waals surface area (Å²) in [4.78, 5) is 42.0. The van der Waals surface area contributed by atoms with Gasteiger partial charge in [-0.2, -0.15) is 9.30 Å². The molecule has 0 aliphatic rings. The van der Waals surface area contributed by atoms with Crippen molar-refractivity contribution in [3.8, 4) is 0 Å². The van der Waals surface area contributed by atoms with Crippen LogP contribution in [0.2, 0.25) is 0 Å². The van der Waals surface area contributed by atoms with E-state index in [9.17, 15) is 22.8 Å². The van der Waals surface area contributed by atoms with Crippen LogP contribution in [-0.2, 0) is 37.4 Å². The summed E-state index contributed by atoms with van der Waals surface area (Å²) >= 11 is 1.12. The minimum atomic E-state index is -3.81. The number of carbonyl (C=O) groups is 3. The number of carbonyl (C=O) groups excluding carboxylic acids is 3. The van der Waals surface area contributed by atoms with Crippen LogP contribution in [0.25, 0.3) is 10.2 Å². The summed E-state index contributed by atoms with van der Waals surface area (Å²) in [6.07, 6.45) is 0. The third kappa shape index (κ3) is 6.79. The molecule has 3 aromatic carbocycles. The van der Waals surface area contributed by atoms with E-state index in [0.717, 1.165) is 16.9 Å². The maximum Gasteiger partial charge on any atom is 0.337 e. The number of amides is 1. The highest BCUT2D eigenvalue weighted by Gasteiger charge is 2.24. The molecule has 4 rings (SSSR count). The second-order valence-electron chi connectivity index (χ2n) is 8.81. The van der Waals surface area contributed by atoms with Gasteiger partial charge in [0.2, 0.25) is 10.0 Å². The quantitative estimate of drug-likeness (QED) is 0.254. The lowest BCUT2D eigenvalue weighted by Gasteiger charge is -2.20. The zero-order valence-electron chi connectivity index (χ0n) is 22.8.